The molecule has 1 atom stereocenters. The van der Waals surface area contributed by atoms with Gasteiger partial charge in [0.1, 0.15) is 5.75 Å². The number of pyridine rings is 2. The van der Waals surface area contributed by atoms with Crippen molar-refractivity contribution in [2.75, 3.05) is 6.61 Å². The van der Waals surface area contributed by atoms with Crippen LogP contribution in [0.3, 0.4) is 0 Å². The first-order valence-electron chi connectivity index (χ1n) is 7.42. The third-order valence-corrected chi connectivity index (χ3v) is 3.54. The van der Waals surface area contributed by atoms with Crippen LogP contribution in [0.5, 0.6) is 5.75 Å². The number of hydrogen-bond donors (Lipinski definition) is 0. The third kappa shape index (κ3) is 4.55. The molecule has 2 heterocycles. The van der Waals surface area contributed by atoms with Crippen LogP contribution in [-0.4, -0.2) is 33.4 Å². The van der Waals surface area contributed by atoms with E-state index >= 15 is 0 Å². The monoisotopic (exact) mass is 299 g/mol. The number of ether oxygens (including phenoxy) is 1. The first-order valence-corrected chi connectivity index (χ1v) is 7.42. The van der Waals surface area contributed by atoms with Crippen LogP contribution in [0, 0.1) is 0 Å². The van der Waals surface area contributed by atoms with Crippen molar-refractivity contribution in [1.29, 1.82) is 0 Å². The lowest BCUT2D eigenvalue weighted by Gasteiger charge is -2.28. The number of carbonyl (C=O) groups excluding carboxylic acids is 1. The van der Waals surface area contributed by atoms with Crippen molar-refractivity contribution in [2.45, 2.75) is 32.9 Å². The van der Waals surface area contributed by atoms with Crippen molar-refractivity contribution in [3.05, 3.63) is 54.6 Å². The molecule has 0 bridgehead atoms. The quantitative estimate of drug-likeness (QED) is 0.789. The highest BCUT2D eigenvalue weighted by Gasteiger charge is 2.19. The van der Waals surface area contributed by atoms with E-state index in [1.165, 1.54) is 0 Å². The largest absolute Gasteiger partial charge is 0.482 e. The predicted molar refractivity (Wildman–Crippen MR) is 84.3 cm³/mol. The molecule has 0 radical (unpaired) electrons. The van der Waals surface area contributed by atoms with Crippen molar-refractivity contribution in [2.24, 2.45) is 0 Å². The maximum absolute atomic E-state index is 12.5. The van der Waals surface area contributed by atoms with Gasteiger partial charge in [0.15, 0.2) is 6.61 Å². The topological polar surface area (TPSA) is 55.3 Å². The van der Waals surface area contributed by atoms with Gasteiger partial charge in [0.05, 0.1) is 6.20 Å². The Morgan fingerprint density at radius 2 is 2.00 bits per heavy atom. The average molecular weight is 299 g/mol. The van der Waals surface area contributed by atoms with E-state index in [-0.39, 0.29) is 18.6 Å². The summed E-state index contributed by atoms with van der Waals surface area (Å²) in [6.07, 6.45) is 7.64. The Labute approximate surface area is 131 Å². The molecule has 2 rings (SSSR count). The van der Waals surface area contributed by atoms with Crippen LogP contribution < -0.4 is 4.74 Å². The summed E-state index contributed by atoms with van der Waals surface area (Å²) in [5, 5.41) is 0. The SMILES string of the molecule is CC[C@H](C)N(Cc1ccncc1)C(=O)COc1cccnc1. The molecule has 2 aromatic heterocycles. The number of nitrogens with zero attached hydrogens (tertiary/aromatic N) is 3. The lowest BCUT2D eigenvalue weighted by atomic mass is 10.1. The standard InChI is InChI=1S/C17H21N3O2/c1-3-14(2)20(12-15-6-9-18-10-7-15)17(21)13-22-16-5-4-8-19-11-16/h4-11,14H,3,12-13H2,1-2H3/t14-/m0/s1. The molecule has 0 fully saturated rings. The van der Waals surface area contributed by atoms with Crippen molar-refractivity contribution in [3.63, 3.8) is 0 Å². The number of aromatic nitrogens is 2. The minimum absolute atomic E-state index is 0.0150. The zero-order valence-electron chi connectivity index (χ0n) is 13.0. The minimum atomic E-state index is -0.0324. The average Bonchev–Trinajstić information content (AvgIpc) is 2.58. The fraction of sp³-hybridized carbons (Fsp3) is 0.353. The maximum Gasteiger partial charge on any atom is 0.261 e. The number of amides is 1. The molecule has 0 saturated heterocycles. The predicted octanol–water partition coefficient (Wildman–Crippen LogP) is 2.68. The molecular weight excluding hydrogens is 278 g/mol. The first-order chi connectivity index (χ1) is 10.7. The summed E-state index contributed by atoms with van der Waals surface area (Å²) in [7, 11) is 0. The van der Waals surface area contributed by atoms with Crippen molar-refractivity contribution in [3.8, 4) is 5.75 Å². The van der Waals surface area contributed by atoms with Gasteiger partial charge in [0.2, 0.25) is 0 Å². The minimum Gasteiger partial charge on any atom is -0.482 e. The van der Waals surface area contributed by atoms with Crippen LogP contribution in [0.2, 0.25) is 0 Å². The fourth-order valence-electron chi connectivity index (χ4n) is 2.06. The highest BCUT2D eigenvalue weighted by Crippen LogP contribution is 2.12. The molecule has 22 heavy (non-hydrogen) atoms. The van der Waals surface area contributed by atoms with Crippen molar-refractivity contribution < 1.29 is 9.53 Å². The summed E-state index contributed by atoms with van der Waals surface area (Å²) in [6, 6.07) is 7.56. The molecule has 0 unspecified atom stereocenters. The second kappa shape index (κ2) is 8.12. The van der Waals surface area contributed by atoms with Gasteiger partial charge in [-0.15, -0.1) is 0 Å². The van der Waals surface area contributed by atoms with Crippen molar-refractivity contribution in [1.82, 2.24) is 14.9 Å². The first kappa shape index (κ1) is 15.9. The Balaban J connectivity index is 2.00. The molecule has 5 nitrogen and oxygen atoms in total. The lowest BCUT2D eigenvalue weighted by Crippen LogP contribution is -2.40. The van der Waals surface area contributed by atoms with Crippen LogP contribution in [0.25, 0.3) is 0 Å². The summed E-state index contributed by atoms with van der Waals surface area (Å²) < 4.78 is 5.52. The normalized spacial score (nSPS) is 11.7. The van der Waals surface area contributed by atoms with E-state index in [2.05, 4.69) is 16.9 Å². The van der Waals surface area contributed by atoms with Gasteiger partial charge in [-0.1, -0.05) is 6.92 Å². The molecule has 0 saturated carbocycles. The van der Waals surface area contributed by atoms with E-state index in [1.807, 2.05) is 24.0 Å². The molecular formula is C17H21N3O2. The van der Waals surface area contributed by atoms with Gasteiger partial charge >= 0.3 is 0 Å². The van der Waals surface area contributed by atoms with Gasteiger partial charge in [-0.3, -0.25) is 14.8 Å². The van der Waals surface area contributed by atoms with E-state index in [0.717, 1.165) is 12.0 Å². The number of hydrogen-bond acceptors (Lipinski definition) is 4. The van der Waals surface area contributed by atoms with E-state index in [1.54, 1.807) is 36.9 Å². The van der Waals surface area contributed by atoms with E-state index in [0.29, 0.717) is 12.3 Å². The van der Waals surface area contributed by atoms with Crippen LogP contribution in [0.4, 0.5) is 0 Å². The van der Waals surface area contributed by atoms with Crippen LogP contribution in [0.1, 0.15) is 25.8 Å². The Kier molecular flexibility index (Phi) is 5.89. The highest BCUT2D eigenvalue weighted by molar-refractivity contribution is 5.78. The Morgan fingerprint density at radius 3 is 2.64 bits per heavy atom. The second-order valence-corrected chi connectivity index (χ2v) is 5.11. The molecule has 1 amide bonds. The fourth-order valence-corrected chi connectivity index (χ4v) is 2.06. The molecule has 0 aliphatic heterocycles. The molecule has 0 aliphatic rings. The van der Waals surface area contributed by atoms with Crippen molar-refractivity contribution >= 4 is 5.91 Å². The molecule has 0 aromatic carbocycles. The van der Waals surface area contributed by atoms with Gasteiger partial charge in [0, 0.05) is 31.2 Å². The zero-order valence-corrected chi connectivity index (χ0v) is 13.0. The highest BCUT2D eigenvalue weighted by atomic mass is 16.5. The second-order valence-electron chi connectivity index (χ2n) is 5.11. The summed E-state index contributed by atoms with van der Waals surface area (Å²) in [6.45, 7) is 4.69. The van der Waals surface area contributed by atoms with Gasteiger partial charge in [-0.2, -0.15) is 0 Å². The van der Waals surface area contributed by atoms with Gasteiger partial charge in [-0.05, 0) is 43.2 Å². The molecule has 5 heteroatoms. The summed E-state index contributed by atoms with van der Waals surface area (Å²) in [4.78, 5) is 22.3. The van der Waals surface area contributed by atoms with E-state index < -0.39 is 0 Å². The van der Waals surface area contributed by atoms with Crippen LogP contribution >= 0.6 is 0 Å². The van der Waals surface area contributed by atoms with Gasteiger partial charge < -0.3 is 9.64 Å². The van der Waals surface area contributed by atoms with Gasteiger partial charge in [0.25, 0.3) is 5.91 Å². The summed E-state index contributed by atoms with van der Waals surface area (Å²) >= 11 is 0. The van der Waals surface area contributed by atoms with Crippen LogP contribution in [-0.2, 0) is 11.3 Å². The Hall–Kier alpha value is -2.43. The molecule has 116 valence electrons. The number of rotatable bonds is 7. The van der Waals surface area contributed by atoms with Gasteiger partial charge in [-0.25, -0.2) is 0 Å². The molecule has 0 aliphatic carbocycles. The molecule has 0 spiro atoms. The number of carbonyl (C=O) groups is 1. The summed E-state index contributed by atoms with van der Waals surface area (Å²) in [5.41, 5.74) is 1.06. The van der Waals surface area contributed by atoms with E-state index in [9.17, 15) is 4.79 Å². The lowest BCUT2D eigenvalue weighted by molar-refractivity contribution is -0.136. The summed E-state index contributed by atoms with van der Waals surface area (Å²) in [5.74, 6) is 0.568. The van der Waals surface area contributed by atoms with E-state index in [4.69, 9.17) is 4.74 Å². The molecule has 0 N–H and O–H groups in total. The maximum atomic E-state index is 12.5. The Morgan fingerprint density at radius 1 is 1.23 bits per heavy atom. The third-order valence-electron chi connectivity index (χ3n) is 3.54. The Bertz CT molecular complexity index is 575. The zero-order chi connectivity index (χ0) is 15.8. The molecule has 2 aromatic rings. The smallest absolute Gasteiger partial charge is 0.261 e. The van der Waals surface area contributed by atoms with Crippen LogP contribution in [0.15, 0.2) is 49.1 Å².